The van der Waals surface area contributed by atoms with Crippen LogP contribution in [0.15, 0.2) is 12.1 Å². The lowest BCUT2D eigenvalue weighted by Gasteiger charge is -2.29. The SMILES string of the molecule is CCCOc1c(C)cc(C)cc1C(=O)CCN1CCC(C)CC1. The number of rotatable bonds is 7. The van der Waals surface area contributed by atoms with Gasteiger partial charge in [0.15, 0.2) is 5.78 Å². The summed E-state index contributed by atoms with van der Waals surface area (Å²) in [6.07, 6.45) is 4.04. The lowest BCUT2D eigenvalue weighted by Crippen LogP contribution is -2.34. The van der Waals surface area contributed by atoms with Crippen LogP contribution in [-0.2, 0) is 0 Å². The Morgan fingerprint density at radius 1 is 1.26 bits per heavy atom. The monoisotopic (exact) mass is 317 g/mol. The standard InChI is InChI=1S/C20H31NO2/c1-5-12-23-20-17(4)13-16(3)14-18(20)19(22)8-11-21-9-6-15(2)7-10-21/h13-15H,5-12H2,1-4H3. The second-order valence-corrected chi connectivity index (χ2v) is 7.00. The highest BCUT2D eigenvalue weighted by Crippen LogP contribution is 2.27. The van der Waals surface area contributed by atoms with Crippen molar-refractivity contribution >= 4 is 5.78 Å². The number of hydrogen-bond donors (Lipinski definition) is 0. The molecule has 0 amide bonds. The normalized spacial score (nSPS) is 16.5. The van der Waals surface area contributed by atoms with Gasteiger partial charge in [0.25, 0.3) is 0 Å². The number of carbonyl (C=O) groups is 1. The Morgan fingerprint density at radius 2 is 1.96 bits per heavy atom. The Labute approximate surface area is 141 Å². The molecule has 0 saturated carbocycles. The third kappa shape index (κ3) is 5.07. The van der Waals surface area contributed by atoms with Crippen LogP contribution in [0.1, 0.15) is 61.0 Å². The number of hydrogen-bond acceptors (Lipinski definition) is 3. The lowest BCUT2D eigenvalue weighted by atomic mass is 9.98. The highest BCUT2D eigenvalue weighted by molar-refractivity contribution is 5.99. The van der Waals surface area contributed by atoms with Gasteiger partial charge in [0.1, 0.15) is 5.75 Å². The van der Waals surface area contributed by atoms with Crippen LogP contribution in [0, 0.1) is 19.8 Å². The van der Waals surface area contributed by atoms with Gasteiger partial charge in [0.2, 0.25) is 0 Å². The average Bonchev–Trinajstić information content (AvgIpc) is 2.52. The zero-order valence-electron chi connectivity index (χ0n) is 15.2. The van der Waals surface area contributed by atoms with Crippen molar-refractivity contribution in [2.75, 3.05) is 26.2 Å². The Hall–Kier alpha value is -1.35. The first kappa shape index (κ1) is 18.0. The van der Waals surface area contributed by atoms with E-state index in [0.717, 1.165) is 54.4 Å². The van der Waals surface area contributed by atoms with E-state index in [1.165, 1.54) is 12.8 Å². The van der Waals surface area contributed by atoms with Gasteiger partial charge in [-0.3, -0.25) is 4.79 Å². The van der Waals surface area contributed by atoms with Gasteiger partial charge < -0.3 is 9.64 Å². The summed E-state index contributed by atoms with van der Waals surface area (Å²) in [4.78, 5) is 15.2. The van der Waals surface area contributed by atoms with E-state index in [0.29, 0.717) is 13.0 Å². The zero-order chi connectivity index (χ0) is 16.8. The van der Waals surface area contributed by atoms with Crippen LogP contribution in [0.25, 0.3) is 0 Å². The molecule has 0 N–H and O–H groups in total. The largest absolute Gasteiger partial charge is 0.493 e. The molecule has 1 aromatic carbocycles. The van der Waals surface area contributed by atoms with Gasteiger partial charge in [-0.2, -0.15) is 0 Å². The molecule has 0 aromatic heterocycles. The quantitative estimate of drug-likeness (QED) is 0.698. The van der Waals surface area contributed by atoms with Crippen LogP contribution in [0.2, 0.25) is 0 Å². The molecular formula is C20H31NO2. The summed E-state index contributed by atoms with van der Waals surface area (Å²) in [6, 6.07) is 4.08. The third-order valence-corrected chi connectivity index (χ3v) is 4.70. The van der Waals surface area contributed by atoms with Crippen molar-refractivity contribution < 1.29 is 9.53 Å². The van der Waals surface area contributed by atoms with Crippen molar-refractivity contribution in [1.29, 1.82) is 0 Å². The van der Waals surface area contributed by atoms with E-state index in [1.54, 1.807) is 0 Å². The van der Waals surface area contributed by atoms with Gasteiger partial charge in [-0.1, -0.05) is 19.9 Å². The van der Waals surface area contributed by atoms with Crippen molar-refractivity contribution in [1.82, 2.24) is 4.90 Å². The summed E-state index contributed by atoms with van der Waals surface area (Å²) < 4.78 is 5.86. The summed E-state index contributed by atoms with van der Waals surface area (Å²) >= 11 is 0. The summed E-state index contributed by atoms with van der Waals surface area (Å²) in [5.41, 5.74) is 2.96. The van der Waals surface area contributed by atoms with E-state index in [9.17, 15) is 4.79 Å². The van der Waals surface area contributed by atoms with E-state index in [2.05, 4.69) is 24.8 Å². The second-order valence-electron chi connectivity index (χ2n) is 7.00. The Kier molecular flexibility index (Phi) is 6.64. The number of likely N-dealkylation sites (tertiary alicyclic amines) is 1. The van der Waals surface area contributed by atoms with Crippen molar-refractivity contribution in [2.45, 2.75) is 53.4 Å². The van der Waals surface area contributed by atoms with Gasteiger partial charge in [-0.25, -0.2) is 0 Å². The predicted octanol–water partition coefficient (Wildman–Crippen LogP) is 4.40. The van der Waals surface area contributed by atoms with Crippen LogP contribution in [0.3, 0.4) is 0 Å². The molecule has 1 aliphatic rings. The lowest BCUT2D eigenvalue weighted by molar-refractivity contribution is 0.0948. The molecule has 2 rings (SSSR count). The van der Waals surface area contributed by atoms with E-state index < -0.39 is 0 Å². The van der Waals surface area contributed by atoms with Gasteiger partial charge in [0.05, 0.1) is 12.2 Å². The molecule has 0 spiro atoms. The van der Waals surface area contributed by atoms with Crippen molar-refractivity contribution in [2.24, 2.45) is 5.92 Å². The summed E-state index contributed by atoms with van der Waals surface area (Å²) in [6.45, 7) is 12.2. The fraction of sp³-hybridized carbons (Fsp3) is 0.650. The third-order valence-electron chi connectivity index (χ3n) is 4.70. The smallest absolute Gasteiger partial charge is 0.167 e. The predicted molar refractivity (Wildman–Crippen MR) is 95.5 cm³/mol. The van der Waals surface area contributed by atoms with Gasteiger partial charge in [-0.05, 0) is 69.3 Å². The van der Waals surface area contributed by atoms with Crippen molar-refractivity contribution in [3.63, 3.8) is 0 Å². The molecule has 0 bridgehead atoms. The molecule has 23 heavy (non-hydrogen) atoms. The van der Waals surface area contributed by atoms with Gasteiger partial charge >= 0.3 is 0 Å². The molecule has 1 fully saturated rings. The summed E-state index contributed by atoms with van der Waals surface area (Å²) in [5.74, 6) is 1.83. The maximum absolute atomic E-state index is 12.7. The van der Waals surface area contributed by atoms with Crippen LogP contribution in [0.5, 0.6) is 5.75 Å². The minimum Gasteiger partial charge on any atom is -0.493 e. The van der Waals surface area contributed by atoms with E-state index in [4.69, 9.17) is 4.74 Å². The summed E-state index contributed by atoms with van der Waals surface area (Å²) in [7, 11) is 0. The number of benzene rings is 1. The molecule has 0 aliphatic carbocycles. The number of ether oxygens (including phenoxy) is 1. The topological polar surface area (TPSA) is 29.5 Å². The number of carbonyl (C=O) groups excluding carboxylic acids is 1. The molecule has 128 valence electrons. The fourth-order valence-electron chi connectivity index (χ4n) is 3.24. The highest BCUT2D eigenvalue weighted by Gasteiger charge is 2.19. The molecule has 1 aliphatic heterocycles. The Balaban J connectivity index is 2.02. The molecule has 1 saturated heterocycles. The molecule has 1 aromatic rings. The molecular weight excluding hydrogens is 286 g/mol. The first-order chi connectivity index (χ1) is 11.0. The molecule has 1 heterocycles. The zero-order valence-corrected chi connectivity index (χ0v) is 15.2. The molecule has 0 atom stereocenters. The maximum Gasteiger partial charge on any atom is 0.167 e. The van der Waals surface area contributed by atoms with Crippen LogP contribution >= 0.6 is 0 Å². The Bertz CT molecular complexity index is 531. The average molecular weight is 317 g/mol. The first-order valence-corrected chi connectivity index (χ1v) is 9.00. The molecule has 0 radical (unpaired) electrons. The second kappa shape index (κ2) is 8.49. The molecule has 0 unspecified atom stereocenters. The first-order valence-electron chi connectivity index (χ1n) is 9.00. The number of piperidine rings is 1. The number of aryl methyl sites for hydroxylation is 2. The van der Waals surface area contributed by atoms with Crippen molar-refractivity contribution in [3.05, 3.63) is 28.8 Å². The number of ketones is 1. The Morgan fingerprint density at radius 3 is 2.61 bits per heavy atom. The minimum absolute atomic E-state index is 0.210. The number of Topliss-reactive ketones (excluding diaryl/α,β-unsaturated/α-hetero) is 1. The molecule has 3 nitrogen and oxygen atoms in total. The van der Waals surface area contributed by atoms with Crippen LogP contribution in [0.4, 0.5) is 0 Å². The van der Waals surface area contributed by atoms with Gasteiger partial charge in [0, 0.05) is 13.0 Å². The maximum atomic E-state index is 12.7. The van der Waals surface area contributed by atoms with Crippen LogP contribution < -0.4 is 4.74 Å². The summed E-state index contributed by atoms with van der Waals surface area (Å²) in [5, 5.41) is 0. The van der Waals surface area contributed by atoms with Crippen LogP contribution in [-0.4, -0.2) is 36.9 Å². The van der Waals surface area contributed by atoms with Crippen molar-refractivity contribution in [3.8, 4) is 5.75 Å². The van der Waals surface area contributed by atoms with E-state index >= 15 is 0 Å². The fourth-order valence-corrected chi connectivity index (χ4v) is 3.24. The minimum atomic E-state index is 0.210. The molecule has 3 heteroatoms. The van der Waals surface area contributed by atoms with E-state index in [-0.39, 0.29) is 5.78 Å². The number of nitrogens with zero attached hydrogens (tertiary/aromatic N) is 1. The van der Waals surface area contributed by atoms with E-state index in [1.807, 2.05) is 19.9 Å². The van der Waals surface area contributed by atoms with Gasteiger partial charge in [-0.15, -0.1) is 0 Å². The highest BCUT2D eigenvalue weighted by atomic mass is 16.5.